The molecule has 0 aromatic heterocycles. The summed E-state index contributed by atoms with van der Waals surface area (Å²) in [5.74, 6) is 0.604. The lowest BCUT2D eigenvalue weighted by molar-refractivity contribution is 0.415. The molecule has 0 saturated carbocycles. The molecule has 0 bridgehead atoms. The molecule has 1 aliphatic heterocycles. The fourth-order valence-electron chi connectivity index (χ4n) is 2.59. The molecule has 5 nitrogen and oxygen atoms in total. The van der Waals surface area contributed by atoms with Crippen molar-refractivity contribution in [2.45, 2.75) is 24.3 Å². The number of hydrogen-bond donors (Lipinski definition) is 2. The summed E-state index contributed by atoms with van der Waals surface area (Å²) >= 11 is 0. The number of methoxy groups -OCH3 is 1. The highest BCUT2D eigenvalue weighted by atomic mass is 32.2. The topological polar surface area (TPSA) is 67.4 Å². The van der Waals surface area contributed by atoms with Crippen molar-refractivity contribution in [1.29, 1.82) is 0 Å². The zero-order valence-corrected chi connectivity index (χ0v) is 13.3. The van der Waals surface area contributed by atoms with Crippen molar-refractivity contribution in [3.63, 3.8) is 0 Å². The van der Waals surface area contributed by atoms with Crippen LogP contribution in [-0.2, 0) is 16.4 Å². The summed E-state index contributed by atoms with van der Waals surface area (Å²) in [5.41, 5.74) is 2.51. The van der Waals surface area contributed by atoms with E-state index in [1.165, 1.54) is 0 Å². The third kappa shape index (κ3) is 2.87. The molecule has 0 unspecified atom stereocenters. The summed E-state index contributed by atoms with van der Waals surface area (Å²) in [7, 11) is -2.07. The van der Waals surface area contributed by atoms with Crippen LogP contribution in [0.2, 0.25) is 0 Å². The Morgan fingerprint density at radius 2 is 2.05 bits per heavy atom. The lowest BCUT2D eigenvalue weighted by atomic mass is 10.1. The number of nitrogens with one attached hydrogen (secondary N) is 2. The Morgan fingerprint density at radius 3 is 2.82 bits per heavy atom. The van der Waals surface area contributed by atoms with Crippen LogP contribution in [0.5, 0.6) is 5.75 Å². The molecule has 0 aliphatic carbocycles. The van der Waals surface area contributed by atoms with Gasteiger partial charge in [-0.1, -0.05) is 6.07 Å². The number of hydrogen-bond acceptors (Lipinski definition) is 4. The Balaban J connectivity index is 1.88. The van der Waals surface area contributed by atoms with E-state index >= 15 is 0 Å². The maximum absolute atomic E-state index is 12.5. The van der Waals surface area contributed by atoms with Gasteiger partial charge in [0.1, 0.15) is 5.75 Å². The number of anilines is 2. The largest absolute Gasteiger partial charge is 0.497 e. The molecular formula is C16H18N2O3S. The van der Waals surface area contributed by atoms with Crippen LogP contribution in [0.25, 0.3) is 0 Å². The molecule has 0 spiro atoms. The monoisotopic (exact) mass is 318 g/mol. The molecule has 2 aromatic rings. The lowest BCUT2D eigenvalue weighted by Crippen LogP contribution is -2.13. The molecule has 0 amide bonds. The molecular weight excluding hydrogens is 300 g/mol. The molecule has 2 aromatic carbocycles. The van der Waals surface area contributed by atoms with Crippen molar-refractivity contribution in [2.24, 2.45) is 0 Å². The second-order valence-corrected chi connectivity index (χ2v) is 7.09. The van der Waals surface area contributed by atoms with Gasteiger partial charge in [0.25, 0.3) is 10.0 Å². The molecule has 6 heteroatoms. The molecule has 0 radical (unpaired) electrons. The number of ether oxygens (including phenoxy) is 1. The molecule has 1 atom stereocenters. The first-order chi connectivity index (χ1) is 10.5. The van der Waals surface area contributed by atoms with E-state index in [1.807, 2.05) is 6.07 Å². The van der Waals surface area contributed by atoms with Gasteiger partial charge in [0, 0.05) is 17.8 Å². The third-order valence-electron chi connectivity index (χ3n) is 3.64. The summed E-state index contributed by atoms with van der Waals surface area (Å²) in [6.07, 6.45) is 0.831. The molecule has 22 heavy (non-hydrogen) atoms. The molecule has 1 heterocycles. The Bertz CT molecular complexity index is 803. The Kier molecular flexibility index (Phi) is 3.70. The van der Waals surface area contributed by atoms with E-state index in [4.69, 9.17) is 4.74 Å². The van der Waals surface area contributed by atoms with Crippen molar-refractivity contribution >= 4 is 21.4 Å². The average Bonchev–Trinajstić information content (AvgIpc) is 2.86. The van der Waals surface area contributed by atoms with Gasteiger partial charge >= 0.3 is 0 Å². The van der Waals surface area contributed by atoms with Crippen LogP contribution in [0.1, 0.15) is 12.5 Å². The quantitative estimate of drug-likeness (QED) is 0.909. The van der Waals surface area contributed by atoms with Crippen LogP contribution in [-0.4, -0.2) is 21.6 Å². The Morgan fingerprint density at radius 1 is 1.23 bits per heavy atom. The van der Waals surface area contributed by atoms with Gasteiger partial charge in [0.05, 0.1) is 17.7 Å². The van der Waals surface area contributed by atoms with Crippen molar-refractivity contribution in [3.8, 4) is 5.75 Å². The summed E-state index contributed by atoms with van der Waals surface area (Å²) in [6, 6.07) is 12.3. The number of rotatable bonds is 4. The highest BCUT2D eigenvalue weighted by Gasteiger charge is 2.21. The van der Waals surface area contributed by atoms with Gasteiger partial charge in [0.2, 0.25) is 0 Å². The predicted molar refractivity (Wildman–Crippen MR) is 87.0 cm³/mol. The van der Waals surface area contributed by atoms with Crippen molar-refractivity contribution in [2.75, 3.05) is 17.1 Å². The van der Waals surface area contributed by atoms with Crippen molar-refractivity contribution < 1.29 is 13.2 Å². The van der Waals surface area contributed by atoms with Gasteiger partial charge in [-0.25, -0.2) is 8.42 Å². The van der Waals surface area contributed by atoms with Crippen LogP contribution in [0, 0.1) is 0 Å². The van der Waals surface area contributed by atoms with Crippen LogP contribution < -0.4 is 14.8 Å². The summed E-state index contributed by atoms with van der Waals surface area (Å²) in [5, 5.41) is 3.31. The van der Waals surface area contributed by atoms with Gasteiger partial charge in [-0.2, -0.15) is 0 Å². The SMILES string of the molecule is COc1cccc(NS(=O)(=O)c2ccc3c(c2)C[C@@H](C)N3)c1. The second kappa shape index (κ2) is 5.53. The Hall–Kier alpha value is -2.21. The van der Waals surface area contributed by atoms with Crippen LogP contribution in [0.3, 0.4) is 0 Å². The van der Waals surface area contributed by atoms with E-state index < -0.39 is 10.0 Å². The van der Waals surface area contributed by atoms with Gasteiger partial charge in [-0.05, 0) is 49.2 Å². The summed E-state index contributed by atoms with van der Waals surface area (Å²) < 4.78 is 32.7. The first-order valence-electron chi connectivity index (χ1n) is 7.04. The van der Waals surface area contributed by atoms with E-state index in [-0.39, 0.29) is 4.90 Å². The third-order valence-corrected chi connectivity index (χ3v) is 5.02. The molecule has 116 valence electrons. The summed E-state index contributed by atoms with van der Waals surface area (Å²) in [4.78, 5) is 0.268. The van der Waals surface area contributed by atoms with E-state index in [0.717, 1.165) is 17.7 Å². The lowest BCUT2D eigenvalue weighted by Gasteiger charge is -2.10. The minimum atomic E-state index is -3.61. The first kappa shape index (κ1) is 14.7. The highest BCUT2D eigenvalue weighted by molar-refractivity contribution is 7.92. The zero-order chi connectivity index (χ0) is 15.7. The van der Waals surface area contributed by atoms with E-state index in [2.05, 4.69) is 17.0 Å². The molecule has 0 saturated heterocycles. The van der Waals surface area contributed by atoms with Gasteiger partial charge in [-0.3, -0.25) is 4.72 Å². The van der Waals surface area contributed by atoms with Crippen molar-refractivity contribution in [1.82, 2.24) is 0 Å². The maximum Gasteiger partial charge on any atom is 0.261 e. The molecule has 1 aliphatic rings. The van der Waals surface area contributed by atoms with Crippen LogP contribution in [0.4, 0.5) is 11.4 Å². The molecule has 3 rings (SSSR count). The van der Waals surface area contributed by atoms with Gasteiger partial charge < -0.3 is 10.1 Å². The fraction of sp³-hybridized carbons (Fsp3) is 0.250. The van der Waals surface area contributed by atoms with E-state index in [0.29, 0.717) is 17.5 Å². The predicted octanol–water partition coefficient (Wildman–Crippen LogP) is 2.85. The van der Waals surface area contributed by atoms with Gasteiger partial charge in [-0.15, -0.1) is 0 Å². The zero-order valence-electron chi connectivity index (χ0n) is 12.5. The first-order valence-corrected chi connectivity index (χ1v) is 8.52. The second-order valence-electron chi connectivity index (χ2n) is 5.41. The van der Waals surface area contributed by atoms with E-state index in [9.17, 15) is 8.42 Å². The minimum absolute atomic E-state index is 0.268. The number of sulfonamides is 1. The standard InChI is InChI=1S/C16H18N2O3S/c1-11-8-12-9-15(6-7-16(12)17-11)22(19,20)18-13-4-3-5-14(10-13)21-2/h3-7,9-11,17-18H,8H2,1-2H3/t11-/m1/s1. The normalized spacial score (nSPS) is 16.7. The van der Waals surface area contributed by atoms with Crippen molar-refractivity contribution in [3.05, 3.63) is 48.0 Å². The van der Waals surface area contributed by atoms with E-state index in [1.54, 1.807) is 43.5 Å². The Labute approximate surface area is 130 Å². The highest BCUT2D eigenvalue weighted by Crippen LogP contribution is 2.29. The smallest absolute Gasteiger partial charge is 0.261 e. The average molecular weight is 318 g/mol. The minimum Gasteiger partial charge on any atom is -0.497 e. The fourth-order valence-corrected chi connectivity index (χ4v) is 3.69. The van der Waals surface area contributed by atoms with Crippen LogP contribution >= 0.6 is 0 Å². The summed E-state index contributed by atoms with van der Waals surface area (Å²) in [6.45, 7) is 2.07. The maximum atomic E-state index is 12.5. The van der Waals surface area contributed by atoms with Crippen LogP contribution in [0.15, 0.2) is 47.4 Å². The molecule has 2 N–H and O–H groups in total. The van der Waals surface area contributed by atoms with Gasteiger partial charge in [0.15, 0.2) is 0 Å². The molecule has 0 fully saturated rings. The number of fused-ring (bicyclic) bond motifs is 1. The number of benzene rings is 2.